The first kappa shape index (κ1) is 79.3. The lowest BCUT2D eigenvalue weighted by molar-refractivity contribution is 0.0689. The molecule has 0 atom stereocenters. The van der Waals surface area contributed by atoms with Gasteiger partial charge in [-0.3, -0.25) is 48.9 Å². The highest BCUT2D eigenvalue weighted by molar-refractivity contribution is 5.98. The number of nitriles is 2. The normalized spacial score (nSPS) is 11.9. The van der Waals surface area contributed by atoms with Crippen molar-refractivity contribution >= 4 is 57.4 Å². The maximum absolute atomic E-state index is 12.4. The molecule has 12 heterocycles. The minimum atomic E-state index is -0.486. The molecule has 97 heavy (non-hydrogen) atoms. The van der Waals surface area contributed by atoms with E-state index >= 15 is 0 Å². The van der Waals surface area contributed by atoms with Crippen LogP contribution >= 0.6 is 0 Å². The van der Waals surface area contributed by atoms with Crippen LogP contribution < -0.4 is 17.2 Å². The Balaban J connectivity index is 0.000000295. The third kappa shape index (κ3) is 26.6. The minimum Gasteiger partial charge on any atom is -0.366 e. The maximum atomic E-state index is 12.4. The molecule has 12 rings (SSSR count). The molecule has 23 heteroatoms. The van der Waals surface area contributed by atoms with E-state index in [9.17, 15) is 24.0 Å². The van der Waals surface area contributed by atoms with Crippen LogP contribution in [0.15, 0.2) is 160 Å². The molecule has 6 N–H and O–H groups in total. The summed E-state index contributed by atoms with van der Waals surface area (Å²) >= 11 is 0. The predicted molar refractivity (Wildman–Crippen MR) is 379 cm³/mol. The number of primary amides is 3. The number of nitrogens with zero attached hydrogens (tertiary/aromatic N) is 15. The Kier molecular flexibility index (Phi) is 32.9. The van der Waals surface area contributed by atoms with Gasteiger partial charge in [-0.2, -0.15) is 10.5 Å². The maximum Gasteiger partial charge on any atom is 0.269 e. The van der Waals surface area contributed by atoms with Crippen molar-refractivity contribution in [1.29, 1.82) is 10.5 Å². The van der Waals surface area contributed by atoms with E-state index in [1.165, 1.54) is 12.4 Å². The lowest BCUT2D eigenvalue weighted by Gasteiger charge is -2.30. The molecule has 2 aliphatic rings. The van der Waals surface area contributed by atoms with Gasteiger partial charge in [-0.25, -0.2) is 9.97 Å². The number of likely N-dealkylation sites (tertiary alicyclic amines) is 2. The second-order valence-corrected chi connectivity index (χ2v) is 22.9. The van der Waals surface area contributed by atoms with Crippen LogP contribution in [0.3, 0.4) is 0 Å². The van der Waals surface area contributed by atoms with Crippen molar-refractivity contribution in [2.24, 2.45) is 43.1 Å². The van der Waals surface area contributed by atoms with Crippen molar-refractivity contribution in [2.75, 3.05) is 26.2 Å². The van der Waals surface area contributed by atoms with Crippen molar-refractivity contribution in [3.8, 4) is 12.1 Å². The van der Waals surface area contributed by atoms with Crippen molar-refractivity contribution < 1.29 is 24.0 Å². The Hall–Kier alpha value is -11.9. The summed E-state index contributed by atoms with van der Waals surface area (Å²) in [5.74, 6) is 0.806. The van der Waals surface area contributed by atoms with E-state index in [2.05, 4.69) is 58.6 Å². The lowest BCUT2D eigenvalue weighted by Crippen LogP contribution is -2.37. The minimum absolute atomic E-state index is 0. The van der Waals surface area contributed by atoms with Crippen LogP contribution in [-0.2, 0) is 14.1 Å². The molecule has 23 nitrogen and oxygen atoms in total. The molecule has 5 amide bonds. The topological polar surface area (TPSA) is 335 Å². The molecule has 10 aromatic rings. The number of aryl methyl sites for hydroxylation is 8. The smallest absolute Gasteiger partial charge is 0.269 e. The highest BCUT2D eigenvalue weighted by Crippen LogP contribution is 2.22. The average molecular weight is 1310 g/mol. The van der Waals surface area contributed by atoms with E-state index in [1.54, 1.807) is 104 Å². The zero-order chi connectivity index (χ0) is 69.6. The van der Waals surface area contributed by atoms with E-state index < -0.39 is 17.7 Å². The molecule has 0 aliphatic carbocycles. The third-order valence-electron chi connectivity index (χ3n) is 14.6. The zero-order valence-corrected chi connectivity index (χ0v) is 55.3. The first-order valence-electron chi connectivity index (χ1n) is 30.4. The van der Waals surface area contributed by atoms with Gasteiger partial charge in [0, 0.05) is 132 Å². The summed E-state index contributed by atoms with van der Waals surface area (Å²) in [6, 6.07) is 25.9. The summed E-state index contributed by atoms with van der Waals surface area (Å²) in [7, 11) is 3.92. The number of carbonyl (C=O) groups is 5. The van der Waals surface area contributed by atoms with Crippen molar-refractivity contribution in [2.45, 2.75) is 95.9 Å². The number of hydrogen-bond acceptors (Lipinski definition) is 15. The van der Waals surface area contributed by atoms with Gasteiger partial charge in [-0.05, 0) is 173 Å². The Morgan fingerprint density at radius 2 is 0.825 bits per heavy atom. The molecule has 0 saturated carbocycles. The van der Waals surface area contributed by atoms with Gasteiger partial charge in [-0.15, -0.1) is 4.98 Å². The number of pyridine rings is 8. The van der Waals surface area contributed by atoms with Crippen LogP contribution in [0.1, 0.15) is 151 Å². The molecular weight excluding hydrogens is 1220 g/mol. The summed E-state index contributed by atoms with van der Waals surface area (Å²) in [5, 5.41) is 18.8. The lowest BCUT2D eigenvalue weighted by atomic mass is 9.99. The predicted octanol–water partition coefficient (Wildman–Crippen LogP) is 12.1. The highest BCUT2D eigenvalue weighted by atomic mass is 16.2. The first-order valence-corrected chi connectivity index (χ1v) is 30.4. The van der Waals surface area contributed by atoms with Gasteiger partial charge in [0.05, 0.1) is 33.4 Å². The molecule has 2 aliphatic heterocycles. The van der Waals surface area contributed by atoms with Gasteiger partial charge in [-0.1, -0.05) is 47.4 Å². The Morgan fingerprint density at radius 3 is 1.11 bits per heavy atom. The van der Waals surface area contributed by atoms with Crippen LogP contribution in [-0.4, -0.2) is 115 Å². The Labute approximate surface area is 569 Å². The van der Waals surface area contributed by atoms with Crippen LogP contribution in [0.2, 0.25) is 0 Å². The summed E-state index contributed by atoms with van der Waals surface area (Å²) in [6.45, 7) is 25.9. The monoisotopic (exact) mass is 1310 g/mol. The van der Waals surface area contributed by atoms with Gasteiger partial charge in [0.15, 0.2) is 0 Å². The van der Waals surface area contributed by atoms with Gasteiger partial charge in [0.1, 0.15) is 35.3 Å². The number of piperidine rings is 2. The molecule has 2 fully saturated rings. The number of hydrogen-bond donors (Lipinski definition) is 3. The fraction of sp³-hybridized carbons (Fsp3) is 0.297. The second-order valence-electron chi connectivity index (χ2n) is 22.9. The van der Waals surface area contributed by atoms with E-state index in [1.807, 2.05) is 129 Å². The number of rotatable bonds is 5. The molecule has 0 aromatic carbocycles. The standard InChI is InChI=1S/2C15H19N3O.3C7H8N2O.3C7H6N2.2CH4/c2*1-11-3-7-18(8-4-11)15(19)13-9-12-5-6-17(2)14(12)16-10-13;2*1-5-2-6(7(8)10)4-9-3-5;1-5-2-3-6(7(8)10)9-4-5;2*1-6-2-7(3-8)5-9-4-6;1-6-3-4-7(8-2)9-5-6;;/h2*5-6,9-11H,3-4,7-8H2,1-2H3;3*2-4H,1H3,(H2,8,10);2*2,4-5H,1H3;3-5H,1H3;2*1H4. The quantitative estimate of drug-likeness (QED) is 0.135. The first-order chi connectivity index (χ1) is 45.4. The molecule has 0 unspecified atom stereocenters. The van der Waals surface area contributed by atoms with Crippen molar-refractivity contribution in [3.05, 3.63) is 243 Å². The van der Waals surface area contributed by atoms with E-state index in [0.29, 0.717) is 44.9 Å². The number of aromatic nitrogens is 10. The largest absolute Gasteiger partial charge is 0.366 e. The van der Waals surface area contributed by atoms with E-state index in [0.717, 1.165) is 119 Å². The van der Waals surface area contributed by atoms with Gasteiger partial charge in [0.2, 0.25) is 11.8 Å². The molecule has 2 saturated heterocycles. The summed E-state index contributed by atoms with van der Waals surface area (Å²) in [5.41, 5.74) is 26.7. The van der Waals surface area contributed by atoms with Crippen LogP contribution in [0.25, 0.3) is 26.9 Å². The number of nitrogens with two attached hydrogens (primary N) is 3. The summed E-state index contributed by atoms with van der Waals surface area (Å²) < 4.78 is 3.93. The Morgan fingerprint density at radius 1 is 0.454 bits per heavy atom. The Bertz CT molecular complexity index is 4100. The SMILES string of the molecule is C.C.CC1CCN(C(=O)c2cnc3c(ccn3C)c2)CC1.CC1CCN(C(=O)c2cnc3c(ccn3C)c2)CC1.Cc1ccc(C(N)=O)nc1.Cc1cncc(C#N)c1.Cc1cncc(C#N)c1.Cc1cncc(C(N)=O)c1.Cc1cncc(C(N)=O)c1.[C-]#[N+]c1ccc(C)cn1. The zero-order valence-electron chi connectivity index (χ0n) is 55.3. The molecule has 10 aromatic heterocycles. The number of fused-ring (bicyclic) bond motifs is 2. The van der Waals surface area contributed by atoms with Crippen molar-refractivity contribution in [3.63, 3.8) is 0 Å². The average Bonchev–Trinajstić information content (AvgIpc) is 1.75. The number of amides is 5. The van der Waals surface area contributed by atoms with Gasteiger partial charge in [0.25, 0.3) is 23.5 Å². The van der Waals surface area contributed by atoms with Crippen LogP contribution in [0, 0.1) is 82.6 Å². The molecule has 504 valence electrons. The third-order valence-corrected chi connectivity index (χ3v) is 14.6. The second kappa shape index (κ2) is 40.3. The molecule has 0 bridgehead atoms. The fourth-order valence-electron chi connectivity index (χ4n) is 9.08. The fourth-order valence-corrected chi connectivity index (χ4v) is 9.08. The van der Waals surface area contributed by atoms with Gasteiger partial charge >= 0.3 is 0 Å². The van der Waals surface area contributed by atoms with Crippen molar-refractivity contribution in [1.82, 2.24) is 58.8 Å². The van der Waals surface area contributed by atoms with Crippen LogP contribution in [0.4, 0.5) is 5.82 Å². The van der Waals surface area contributed by atoms with Crippen LogP contribution in [0.5, 0.6) is 0 Å². The summed E-state index contributed by atoms with van der Waals surface area (Å²) in [4.78, 5) is 95.2. The summed E-state index contributed by atoms with van der Waals surface area (Å²) in [6.07, 6.45) is 27.8. The van der Waals surface area contributed by atoms with E-state index in [-0.39, 0.29) is 26.7 Å². The molecule has 0 spiro atoms. The van der Waals surface area contributed by atoms with Gasteiger partial charge < -0.3 is 41.0 Å². The number of carbonyl (C=O) groups excluding carboxylic acids is 5. The van der Waals surface area contributed by atoms with E-state index in [4.69, 9.17) is 34.3 Å². The molecule has 0 radical (unpaired) electrons. The molecular formula is C74H88N18O5. The highest BCUT2D eigenvalue weighted by Gasteiger charge is 2.23.